The van der Waals surface area contributed by atoms with Crippen molar-refractivity contribution in [2.24, 2.45) is 0 Å². The highest BCUT2D eigenvalue weighted by atomic mass is 35.5. The van der Waals surface area contributed by atoms with E-state index in [0.717, 1.165) is 16.6 Å². The Labute approximate surface area is 171 Å². The minimum atomic E-state index is -4.50. The molecule has 3 heterocycles. The second-order valence-electron chi connectivity index (χ2n) is 5.68. The van der Waals surface area contributed by atoms with Crippen molar-refractivity contribution in [1.29, 1.82) is 0 Å². The Hall–Kier alpha value is -2.17. The molecule has 3 rings (SSSR count). The zero-order valence-corrected chi connectivity index (χ0v) is 16.8. The second kappa shape index (κ2) is 8.46. The zero-order valence-electron chi connectivity index (χ0n) is 14.4. The number of hydrogen-bond donors (Lipinski definition) is 2. The van der Waals surface area contributed by atoms with E-state index in [4.69, 9.17) is 11.6 Å². The van der Waals surface area contributed by atoms with E-state index in [1.807, 2.05) is 16.8 Å². The Morgan fingerprint density at radius 2 is 2.11 bits per heavy atom. The topological polar surface area (TPSA) is 66.9 Å². The molecule has 0 radical (unpaired) electrons. The van der Waals surface area contributed by atoms with Gasteiger partial charge in [0, 0.05) is 30.2 Å². The smallest absolute Gasteiger partial charge is 0.367 e. The number of nitrogens with zero attached hydrogens (tertiary/aromatic N) is 2. The highest BCUT2D eigenvalue weighted by molar-refractivity contribution is 7.17. The third kappa shape index (κ3) is 4.81. The van der Waals surface area contributed by atoms with Crippen molar-refractivity contribution in [3.63, 3.8) is 0 Å². The van der Waals surface area contributed by atoms with Crippen LogP contribution < -0.4 is 10.6 Å². The first kappa shape index (κ1) is 20.6. The van der Waals surface area contributed by atoms with Crippen LogP contribution in [0.2, 0.25) is 5.02 Å². The van der Waals surface area contributed by atoms with Gasteiger partial charge in [-0.05, 0) is 24.4 Å². The van der Waals surface area contributed by atoms with Crippen LogP contribution in [0, 0.1) is 6.92 Å². The van der Waals surface area contributed by atoms with E-state index in [0.29, 0.717) is 16.8 Å². The van der Waals surface area contributed by atoms with Crippen LogP contribution in [0.5, 0.6) is 0 Å². The average Bonchev–Trinajstić information content (AvgIpc) is 3.28. The number of nitrogens with one attached hydrogen (secondary N) is 2. The van der Waals surface area contributed by atoms with Gasteiger partial charge in [0.1, 0.15) is 15.7 Å². The van der Waals surface area contributed by atoms with Gasteiger partial charge in [-0.25, -0.2) is 9.97 Å². The zero-order chi connectivity index (χ0) is 20.3. The SMILES string of the molecule is Cc1nc(-c2ccsc2)sc1C(=O)NCCNc1ncc(C(F)(F)F)cc1Cl. The number of thiophene rings is 1. The number of halogens is 4. The maximum absolute atomic E-state index is 12.6. The van der Waals surface area contributed by atoms with Crippen LogP contribution in [0.1, 0.15) is 20.9 Å². The summed E-state index contributed by atoms with van der Waals surface area (Å²) in [5.41, 5.74) is 0.699. The molecule has 0 fully saturated rings. The summed E-state index contributed by atoms with van der Waals surface area (Å²) in [6.07, 6.45) is -3.79. The van der Waals surface area contributed by atoms with Crippen molar-refractivity contribution in [2.45, 2.75) is 13.1 Å². The Kier molecular flexibility index (Phi) is 6.21. The van der Waals surface area contributed by atoms with E-state index in [1.165, 1.54) is 11.3 Å². The van der Waals surface area contributed by atoms with Crippen molar-refractivity contribution < 1.29 is 18.0 Å². The molecule has 0 bridgehead atoms. The number of aryl methyl sites for hydroxylation is 1. The van der Waals surface area contributed by atoms with Gasteiger partial charge in [0.2, 0.25) is 0 Å². The van der Waals surface area contributed by atoms with Gasteiger partial charge >= 0.3 is 6.18 Å². The third-order valence-electron chi connectivity index (χ3n) is 3.64. The van der Waals surface area contributed by atoms with Gasteiger partial charge in [-0.3, -0.25) is 4.79 Å². The van der Waals surface area contributed by atoms with Crippen LogP contribution >= 0.6 is 34.3 Å². The molecule has 148 valence electrons. The molecule has 3 aromatic heterocycles. The molecular formula is C17H14ClF3N4OS2. The van der Waals surface area contributed by atoms with Gasteiger partial charge in [-0.1, -0.05) is 11.6 Å². The predicted octanol–water partition coefficient (Wildman–Crippen LogP) is 5.09. The molecule has 0 spiro atoms. The lowest BCUT2D eigenvalue weighted by atomic mass is 10.3. The molecule has 3 aromatic rings. The molecule has 0 saturated carbocycles. The maximum atomic E-state index is 12.6. The van der Waals surface area contributed by atoms with E-state index < -0.39 is 11.7 Å². The minimum Gasteiger partial charge on any atom is -0.367 e. The third-order valence-corrected chi connectivity index (χ3v) is 5.82. The van der Waals surface area contributed by atoms with Gasteiger partial charge in [0.05, 0.1) is 16.3 Å². The number of rotatable bonds is 6. The predicted molar refractivity (Wildman–Crippen MR) is 105 cm³/mol. The van der Waals surface area contributed by atoms with Gasteiger partial charge in [0.15, 0.2) is 0 Å². The largest absolute Gasteiger partial charge is 0.417 e. The molecule has 0 aliphatic heterocycles. The van der Waals surface area contributed by atoms with Crippen LogP contribution in [0.25, 0.3) is 10.6 Å². The highest BCUT2D eigenvalue weighted by Crippen LogP contribution is 2.32. The van der Waals surface area contributed by atoms with E-state index >= 15 is 0 Å². The number of hydrogen-bond acceptors (Lipinski definition) is 6. The Balaban J connectivity index is 1.54. The monoisotopic (exact) mass is 446 g/mol. The lowest BCUT2D eigenvalue weighted by Crippen LogP contribution is -2.28. The van der Waals surface area contributed by atoms with Crippen LogP contribution in [-0.2, 0) is 6.18 Å². The summed E-state index contributed by atoms with van der Waals surface area (Å²) in [4.78, 5) is 21.0. The number of aromatic nitrogens is 2. The molecule has 1 amide bonds. The molecule has 2 N–H and O–H groups in total. The molecular weight excluding hydrogens is 433 g/mol. The molecule has 11 heteroatoms. The first-order valence-corrected chi connectivity index (χ1v) is 10.1. The van der Waals surface area contributed by atoms with Crippen LogP contribution in [-0.4, -0.2) is 29.0 Å². The number of carbonyl (C=O) groups excluding carboxylic acids is 1. The minimum absolute atomic E-state index is 0.123. The van der Waals surface area contributed by atoms with Gasteiger partial charge < -0.3 is 10.6 Å². The average molecular weight is 447 g/mol. The van der Waals surface area contributed by atoms with Crippen molar-refractivity contribution in [1.82, 2.24) is 15.3 Å². The van der Waals surface area contributed by atoms with E-state index in [1.54, 1.807) is 18.3 Å². The molecule has 0 unspecified atom stereocenters. The summed E-state index contributed by atoms with van der Waals surface area (Å²) in [7, 11) is 0. The summed E-state index contributed by atoms with van der Waals surface area (Å²) in [6.45, 7) is 2.26. The van der Waals surface area contributed by atoms with Crippen LogP contribution in [0.4, 0.5) is 19.0 Å². The molecule has 0 aliphatic carbocycles. The Morgan fingerprint density at radius 1 is 1.32 bits per heavy atom. The molecule has 5 nitrogen and oxygen atoms in total. The molecule has 0 aliphatic rings. The van der Waals surface area contributed by atoms with Gasteiger partial charge in [0.25, 0.3) is 5.91 Å². The fourth-order valence-electron chi connectivity index (χ4n) is 2.28. The maximum Gasteiger partial charge on any atom is 0.417 e. The van der Waals surface area contributed by atoms with E-state index in [9.17, 15) is 18.0 Å². The number of carbonyl (C=O) groups is 1. The summed E-state index contributed by atoms with van der Waals surface area (Å²) >= 11 is 8.69. The molecule has 0 atom stereocenters. The normalized spacial score (nSPS) is 11.5. The second-order valence-corrected chi connectivity index (χ2v) is 7.87. The lowest BCUT2D eigenvalue weighted by molar-refractivity contribution is -0.137. The standard InChI is InChI=1S/C17H14ClF3N4OS2/c1-9-13(28-16(25-9)10-2-5-27-8-10)15(26)23-4-3-22-14-12(18)6-11(7-24-14)17(19,20)21/h2,5-8H,3-4H2,1H3,(H,22,24)(H,23,26). The van der Waals surface area contributed by atoms with Crippen molar-refractivity contribution in [3.8, 4) is 10.6 Å². The fourth-order valence-corrected chi connectivity index (χ4v) is 4.20. The molecule has 28 heavy (non-hydrogen) atoms. The summed E-state index contributed by atoms with van der Waals surface area (Å²) in [5.74, 6) is -0.137. The Morgan fingerprint density at radius 3 is 2.75 bits per heavy atom. The fraction of sp³-hybridized carbons (Fsp3) is 0.235. The summed E-state index contributed by atoms with van der Waals surface area (Å²) in [5, 5.41) is 10.1. The van der Waals surface area contributed by atoms with Crippen molar-refractivity contribution in [2.75, 3.05) is 18.4 Å². The van der Waals surface area contributed by atoms with Crippen molar-refractivity contribution in [3.05, 3.63) is 50.2 Å². The highest BCUT2D eigenvalue weighted by Gasteiger charge is 2.31. The van der Waals surface area contributed by atoms with Gasteiger partial charge in [-0.15, -0.1) is 11.3 Å². The number of pyridine rings is 1. The Bertz CT molecular complexity index is 973. The number of amides is 1. The lowest BCUT2D eigenvalue weighted by Gasteiger charge is -2.11. The number of thiazole rings is 1. The van der Waals surface area contributed by atoms with Gasteiger partial charge in [-0.2, -0.15) is 24.5 Å². The molecule has 0 aromatic carbocycles. The first-order chi connectivity index (χ1) is 13.3. The van der Waals surface area contributed by atoms with E-state index in [2.05, 4.69) is 20.6 Å². The quantitative estimate of drug-likeness (QED) is 0.517. The number of alkyl halides is 3. The van der Waals surface area contributed by atoms with Crippen LogP contribution in [0.15, 0.2) is 29.1 Å². The summed E-state index contributed by atoms with van der Waals surface area (Å²) in [6, 6.07) is 2.75. The number of anilines is 1. The summed E-state index contributed by atoms with van der Waals surface area (Å²) < 4.78 is 37.8. The molecule has 0 saturated heterocycles. The van der Waals surface area contributed by atoms with Crippen molar-refractivity contribution >= 4 is 46.0 Å². The van der Waals surface area contributed by atoms with E-state index in [-0.39, 0.29) is 29.8 Å². The first-order valence-electron chi connectivity index (χ1n) is 8.00. The van der Waals surface area contributed by atoms with Crippen LogP contribution in [0.3, 0.4) is 0 Å².